The first-order valence-electron chi connectivity index (χ1n) is 9.53. The lowest BCUT2D eigenvalue weighted by Crippen LogP contribution is -2.57. The molecule has 2 aromatic heterocycles. The van der Waals surface area contributed by atoms with Gasteiger partial charge in [-0.3, -0.25) is 9.69 Å². The van der Waals surface area contributed by atoms with Crippen molar-refractivity contribution in [2.75, 3.05) is 32.8 Å². The normalized spacial score (nSPS) is 19.0. The minimum atomic E-state index is -5.08. The number of aliphatic carboxylic acids is 1. The van der Waals surface area contributed by atoms with Crippen LogP contribution in [0.25, 0.3) is 0 Å². The van der Waals surface area contributed by atoms with Crippen LogP contribution in [-0.2, 0) is 16.1 Å². The molecule has 1 spiro atoms. The van der Waals surface area contributed by atoms with E-state index in [0.717, 1.165) is 32.5 Å². The third-order valence-electron chi connectivity index (χ3n) is 5.18. The number of hydrogen-bond donors (Lipinski definition) is 1. The summed E-state index contributed by atoms with van der Waals surface area (Å²) in [4.78, 5) is 29.9. The van der Waals surface area contributed by atoms with Crippen molar-refractivity contribution < 1.29 is 37.0 Å². The maximum absolute atomic E-state index is 12.6. The molecule has 0 aromatic carbocycles. The summed E-state index contributed by atoms with van der Waals surface area (Å²) in [6, 6.07) is 2.01. The number of carbonyl (C=O) groups excluding carboxylic acids is 1. The van der Waals surface area contributed by atoms with Crippen LogP contribution in [0.15, 0.2) is 33.9 Å². The number of carbonyl (C=O) groups is 2. The fraction of sp³-hybridized carbons (Fsp3) is 0.526. The van der Waals surface area contributed by atoms with Gasteiger partial charge in [-0.2, -0.15) is 13.2 Å². The van der Waals surface area contributed by atoms with Crippen LogP contribution in [0.4, 0.5) is 13.2 Å². The fourth-order valence-electron chi connectivity index (χ4n) is 3.56. The Balaban J connectivity index is 0.000000339. The molecule has 0 unspecified atom stereocenters. The van der Waals surface area contributed by atoms with Crippen molar-refractivity contribution in [1.82, 2.24) is 14.8 Å². The molecule has 1 N–H and O–H groups in total. The molecule has 12 heteroatoms. The van der Waals surface area contributed by atoms with E-state index < -0.39 is 12.1 Å². The van der Waals surface area contributed by atoms with Crippen LogP contribution in [0.3, 0.4) is 0 Å². The number of halogens is 3. The number of piperidine rings is 1. The molecule has 8 nitrogen and oxygen atoms in total. The highest BCUT2D eigenvalue weighted by Crippen LogP contribution is 2.31. The molecule has 0 aliphatic carbocycles. The molecular weight excluding hydrogens is 439 g/mol. The van der Waals surface area contributed by atoms with Crippen LogP contribution in [0.2, 0.25) is 0 Å². The molecule has 2 aromatic rings. The molecule has 0 saturated carbocycles. The number of rotatable bonds is 3. The summed E-state index contributed by atoms with van der Waals surface area (Å²) in [5, 5.41) is 8.94. The molecule has 170 valence electrons. The molecule has 0 atom stereocenters. The molecule has 2 aliphatic rings. The van der Waals surface area contributed by atoms with Crippen LogP contribution in [-0.4, -0.2) is 76.3 Å². The Morgan fingerprint density at radius 2 is 1.97 bits per heavy atom. The topological polar surface area (TPSA) is 96.1 Å². The molecule has 1 amide bonds. The molecule has 2 fully saturated rings. The van der Waals surface area contributed by atoms with E-state index in [1.165, 1.54) is 16.9 Å². The number of aromatic nitrogens is 1. The van der Waals surface area contributed by atoms with Crippen molar-refractivity contribution in [3.63, 3.8) is 0 Å². The van der Waals surface area contributed by atoms with Crippen LogP contribution in [0.1, 0.15) is 28.9 Å². The summed E-state index contributed by atoms with van der Waals surface area (Å²) in [6.45, 7) is 4.79. The average Bonchev–Trinajstić information content (AvgIpc) is 3.43. The van der Waals surface area contributed by atoms with Crippen molar-refractivity contribution in [3.05, 3.63) is 40.7 Å². The lowest BCUT2D eigenvalue weighted by atomic mass is 9.89. The highest BCUT2D eigenvalue weighted by Gasteiger charge is 2.41. The number of carboxylic acid groups (broad SMARTS) is 1. The highest BCUT2D eigenvalue weighted by atomic mass is 32.1. The van der Waals surface area contributed by atoms with Crippen LogP contribution >= 0.6 is 11.3 Å². The van der Waals surface area contributed by atoms with Crippen molar-refractivity contribution in [1.29, 1.82) is 0 Å². The first-order chi connectivity index (χ1) is 14.7. The lowest BCUT2D eigenvalue weighted by molar-refractivity contribution is -0.192. The number of nitrogens with zero attached hydrogens (tertiary/aromatic N) is 3. The zero-order chi connectivity index (χ0) is 22.5. The Hall–Kier alpha value is -2.44. The third kappa shape index (κ3) is 6.28. The van der Waals surface area contributed by atoms with Crippen LogP contribution < -0.4 is 0 Å². The second kappa shape index (κ2) is 9.79. The zero-order valence-corrected chi connectivity index (χ0v) is 17.3. The summed E-state index contributed by atoms with van der Waals surface area (Å²) < 4.78 is 43.0. The van der Waals surface area contributed by atoms with Crippen molar-refractivity contribution >= 4 is 23.2 Å². The SMILES string of the molecule is O=C(O)C(F)(F)F.O=C(c1cscn1)N1CCOC2(CCN(Cc3ccoc3)CC2)C1. The number of carboxylic acids is 1. The second-order valence-corrected chi connectivity index (χ2v) is 8.06. The van der Waals surface area contributed by atoms with E-state index in [0.29, 0.717) is 25.4 Å². The van der Waals surface area contributed by atoms with Gasteiger partial charge >= 0.3 is 12.1 Å². The molecule has 4 heterocycles. The molecule has 0 radical (unpaired) electrons. The van der Waals surface area contributed by atoms with E-state index in [1.807, 2.05) is 16.3 Å². The average molecular weight is 461 g/mol. The summed E-state index contributed by atoms with van der Waals surface area (Å²) in [5.41, 5.74) is 3.26. The van der Waals surface area contributed by atoms with Gasteiger partial charge in [-0.25, -0.2) is 9.78 Å². The molecule has 4 rings (SSSR count). The second-order valence-electron chi connectivity index (χ2n) is 7.34. The van der Waals surface area contributed by atoms with E-state index in [4.69, 9.17) is 19.1 Å². The molecule has 31 heavy (non-hydrogen) atoms. The Kier molecular flexibility index (Phi) is 7.34. The van der Waals surface area contributed by atoms with Crippen molar-refractivity contribution in [2.45, 2.75) is 31.2 Å². The number of alkyl halides is 3. The number of likely N-dealkylation sites (tertiary alicyclic amines) is 1. The number of furan rings is 1. The number of thiazole rings is 1. The van der Waals surface area contributed by atoms with Gasteiger partial charge in [0.25, 0.3) is 5.91 Å². The number of ether oxygens (including phenoxy) is 1. The molecule has 0 bridgehead atoms. The van der Waals surface area contributed by atoms with Gasteiger partial charge in [0, 0.05) is 37.1 Å². The van der Waals surface area contributed by atoms with Crippen LogP contribution in [0.5, 0.6) is 0 Å². The van der Waals surface area contributed by atoms with Gasteiger partial charge in [-0.15, -0.1) is 11.3 Å². The van der Waals surface area contributed by atoms with E-state index in [1.54, 1.807) is 18.0 Å². The quantitative estimate of drug-likeness (QED) is 0.751. The highest BCUT2D eigenvalue weighted by molar-refractivity contribution is 7.07. The summed E-state index contributed by atoms with van der Waals surface area (Å²) in [6.07, 6.45) is 0.333. The Bertz CT molecular complexity index is 850. The van der Waals surface area contributed by atoms with E-state index >= 15 is 0 Å². The van der Waals surface area contributed by atoms with Gasteiger partial charge < -0.3 is 19.2 Å². The lowest BCUT2D eigenvalue weighted by Gasteiger charge is -2.47. The Morgan fingerprint density at radius 3 is 2.52 bits per heavy atom. The molecule has 2 aliphatic heterocycles. The van der Waals surface area contributed by atoms with E-state index in [2.05, 4.69) is 9.88 Å². The summed E-state index contributed by atoms with van der Waals surface area (Å²) in [7, 11) is 0. The molecule has 2 saturated heterocycles. The van der Waals surface area contributed by atoms with Crippen molar-refractivity contribution in [2.24, 2.45) is 0 Å². The van der Waals surface area contributed by atoms with Gasteiger partial charge in [-0.1, -0.05) is 0 Å². The number of morpholine rings is 1. The third-order valence-corrected chi connectivity index (χ3v) is 5.77. The van der Waals surface area contributed by atoms with Gasteiger partial charge in [0.15, 0.2) is 0 Å². The summed E-state index contributed by atoms with van der Waals surface area (Å²) >= 11 is 1.46. The predicted molar refractivity (Wildman–Crippen MR) is 104 cm³/mol. The monoisotopic (exact) mass is 461 g/mol. The van der Waals surface area contributed by atoms with Gasteiger partial charge in [0.2, 0.25) is 0 Å². The van der Waals surface area contributed by atoms with E-state index in [9.17, 15) is 18.0 Å². The first kappa shape index (κ1) is 23.2. The summed E-state index contributed by atoms with van der Waals surface area (Å²) in [5.74, 6) is -2.73. The minimum absolute atomic E-state index is 0.0275. The first-order valence-corrected chi connectivity index (χ1v) is 10.5. The fourth-order valence-corrected chi connectivity index (χ4v) is 4.09. The number of amides is 1. The van der Waals surface area contributed by atoms with E-state index in [-0.39, 0.29) is 11.5 Å². The zero-order valence-electron chi connectivity index (χ0n) is 16.5. The Morgan fingerprint density at radius 1 is 1.26 bits per heavy atom. The standard InChI is InChI=1S/C17H21N3O3S.C2HF3O2/c21-16(15-11-24-13-18-15)20-6-8-23-17(12-20)2-4-19(5-3-17)9-14-1-7-22-10-14;3-2(4,5)1(6)7/h1,7,10-11,13H,2-6,8-9,12H2;(H,6,7). The predicted octanol–water partition coefficient (Wildman–Crippen LogP) is 2.88. The van der Waals surface area contributed by atoms with Gasteiger partial charge in [-0.05, 0) is 18.9 Å². The maximum atomic E-state index is 12.6. The van der Waals surface area contributed by atoms with Crippen LogP contribution in [0, 0.1) is 0 Å². The minimum Gasteiger partial charge on any atom is -0.475 e. The van der Waals surface area contributed by atoms with Crippen molar-refractivity contribution in [3.8, 4) is 0 Å². The van der Waals surface area contributed by atoms with Gasteiger partial charge in [0.1, 0.15) is 5.69 Å². The largest absolute Gasteiger partial charge is 0.490 e. The maximum Gasteiger partial charge on any atom is 0.490 e. The smallest absolute Gasteiger partial charge is 0.475 e. The number of hydrogen-bond acceptors (Lipinski definition) is 7. The Labute approximate surface area is 180 Å². The van der Waals surface area contributed by atoms with Gasteiger partial charge in [0.05, 0.1) is 36.8 Å². The molecular formula is C19H22F3N3O5S.